The van der Waals surface area contributed by atoms with Crippen LogP contribution in [0.5, 0.6) is 0 Å². The van der Waals surface area contributed by atoms with Crippen molar-refractivity contribution in [3.05, 3.63) is 82.2 Å². The highest BCUT2D eigenvalue weighted by Gasteiger charge is 2.28. The minimum absolute atomic E-state index is 0.114. The van der Waals surface area contributed by atoms with Crippen LogP contribution in [0.1, 0.15) is 38.4 Å². The first kappa shape index (κ1) is 20.6. The fourth-order valence-corrected chi connectivity index (χ4v) is 5.14. The largest absolute Gasteiger partial charge is 0.478 e. The minimum Gasteiger partial charge on any atom is -0.478 e. The number of carboxylic acids is 1. The van der Waals surface area contributed by atoms with Gasteiger partial charge in [-0.25, -0.2) is 13.2 Å². The zero-order valence-corrected chi connectivity index (χ0v) is 17.7. The van der Waals surface area contributed by atoms with E-state index >= 15 is 0 Å². The number of amides is 1. The molecule has 31 heavy (non-hydrogen) atoms. The Morgan fingerprint density at radius 1 is 1.10 bits per heavy atom. The average molecular weight is 436 g/mol. The molecule has 0 atom stereocenters. The van der Waals surface area contributed by atoms with Crippen LogP contribution < -0.4 is 5.32 Å². The van der Waals surface area contributed by atoms with Crippen molar-refractivity contribution in [2.45, 2.75) is 24.5 Å². The van der Waals surface area contributed by atoms with E-state index < -0.39 is 15.8 Å². The molecule has 4 rings (SSSR count). The number of benzene rings is 2. The van der Waals surface area contributed by atoms with Gasteiger partial charge in [0.15, 0.2) is 9.84 Å². The molecular formula is C23H20N2O5S. The highest BCUT2D eigenvalue weighted by molar-refractivity contribution is 7.90. The number of fused-ring (bicyclic) bond motifs is 1. The van der Waals surface area contributed by atoms with E-state index in [1.165, 1.54) is 12.1 Å². The predicted octanol–water partition coefficient (Wildman–Crippen LogP) is 3.80. The van der Waals surface area contributed by atoms with Crippen LogP contribution in [0, 0.1) is 13.8 Å². The second-order valence-electron chi connectivity index (χ2n) is 7.43. The number of anilines is 1. The van der Waals surface area contributed by atoms with Crippen molar-refractivity contribution in [3.8, 4) is 0 Å². The topological polar surface area (TPSA) is 116 Å². The lowest BCUT2D eigenvalue weighted by Gasteiger charge is -2.07. The maximum absolute atomic E-state index is 12.9. The number of H-pyrrole nitrogens is 1. The first-order valence-corrected chi connectivity index (χ1v) is 11.2. The molecule has 0 saturated carbocycles. The molecule has 2 aromatic carbocycles. The molecule has 0 unspecified atom stereocenters. The predicted molar refractivity (Wildman–Crippen MR) is 118 cm³/mol. The van der Waals surface area contributed by atoms with Crippen molar-refractivity contribution in [1.29, 1.82) is 0 Å². The number of carbonyl (C=O) groups excluding carboxylic acids is 1. The number of nitrogens with one attached hydrogen (secondary N) is 2. The fraction of sp³-hybridized carbons (Fsp3) is 0.130. The van der Waals surface area contributed by atoms with E-state index in [9.17, 15) is 23.1 Å². The molecule has 0 bridgehead atoms. The lowest BCUT2D eigenvalue weighted by Crippen LogP contribution is -2.05. The van der Waals surface area contributed by atoms with Crippen LogP contribution in [-0.4, -0.2) is 30.4 Å². The maximum Gasteiger partial charge on any atom is 0.337 e. The van der Waals surface area contributed by atoms with E-state index in [1.807, 2.05) is 6.07 Å². The number of hydrogen-bond donors (Lipinski definition) is 3. The van der Waals surface area contributed by atoms with E-state index in [0.29, 0.717) is 33.8 Å². The third-order valence-electron chi connectivity index (χ3n) is 5.31. The van der Waals surface area contributed by atoms with E-state index in [2.05, 4.69) is 10.3 Å². The quantitative estimate of drug-likeness (QED) is 0.526. The molecular weight excluding hydrogens is 416 g/mol. The molecule has 8 heteroatoms. The maximum atomic E-state index is 12.9. The van der Waals surface area contributed by atoms with Crippen molar-refractivity contribution in [1.82, 2.24) is 4.98 Å². The van der Waals surface area contributed by atoms with Gasteiger partial charge in [0.05, 0.1) is 21.8 Å². The van der Waals surface area contributed by atoms with Gasteiger partial charge in [-0.3, -0.25) is 4.79 Å². The van der Waals surface area contributed by atoms with Crippen LogP contribution in [0.25, 0.3) is 11.6 Å². The Morgan fingerprint density at radius 3 is 2.45 bits per heavy atom. The van der Waals surface area contributed by atoms with Crippen LogP contribution in [-0.2, 0) is 20.4 Å². The number of sulfone groups is 1. The third kappa shape index (κ3) is 3.77. The van der Waals surface area contributed by atoms with Crippen LogP contribution in [0.3, 0.4) is 0 Å². The Bertz CT molecular complexity index is 1350. The molecule has 0 fully saturated rings. The molecule has 7 nitrogen and oxygen atoms in total. The summed E-state index contributed by atoms with van der Waals surface area (Å²) in [5.41, 5.74) is 3.55. The molecule has 0 saturated heterocycles. The number of aromatic carboxylic acids is 1. The smallest absolute Gasteiger partial charge is 0.337 e. The lowest BCUT2D eigenvalue weighted by molar-refractivity contribution is -0.110. The highest BCUT2D eigenvalue weighted by Crippen LogP contribution is 2.36. The van der Waals surface area contributed by atoms with Crippen molar-refractivity contribution < 1.29 is 23.1 Å². The molecule has 2 heterocycles. The summed E-state index contributed by atoms with van der Waals surface area (Å²) in [6, 6.07) is 13.4. The summed E-state index contributed by atoms with van der Waals surface area (Å²) in [7, 11) is -3.62. The van der Waals surface area contributed by atoms with E-state index in [4.69, 9.17) is 0 Å². The monoisotopic (exact) mass is 436 g/mol. The van der Waals surface area contributed by atoms with Gasteiger partial charge in [-0.1, -0.05) is 30.3 Å². The van der Waals surface area contributed by atoms with Gasteiger partial charge >= 0.3 is 5.97 Å². The molecule has 3 aromatic rings. The van der Waals surface area contributed by atoms with Crippen LogP contribution in [0.2, 0.25) is 0 Å². The minimum atomic E-state index is -3.62. The van der Waals surface area contributed by atoms with Gasteiger partial charge in [0, 0.05) is 22.6 Å². The number of aryl methyl sites for hydroxylation is 1. The zero-order valence-electron chi connectivity index (χ0n) is 16.9. The lowest BCUT2D eigenvalue weighted by atomic mass is 10.0. The number of aromatic amines is 1. The molecule has 0 spiro atoms. The number of aromatic nitrogens is 1. The molecule has 1 amide bonds. The normalized spacial score (nSPS) is 14.5. The van der Waals surface area contributed by atoms with Gasteiger partial charge in [-0.2, -0.15) is 0 Å². The zero-order chi connectivity index (χ0) is 22.3. The van der Waals surface area contributed by atoms with Crippen LogP contribution in [0.15, 0.2) is 53.4 Å². The van der Waals surface area contributed by atoms with Crippen LogP contribution >= 0.6 is 0 Å². The van der Waals surface area contributed by atoms with Crippen molar-refractivity contribution in [3.63, 3.8) is 0 Å². The van der Waals surface area contributed by atoms with Gasteiger partial charge in [0.1, 0.15) is 0 Å². The summed E-state index contributed by atoms with van der Waals surface area (Å²) in [5.74, 6) is -1.58. The Kier molecular flexibility index (Phi) is 5.02. The van der Waals surface area contributed by atoms with E-state index in [1.54, 1.807) is 50.3 Å². The summed E-state index contributed by atoms with van der Waals surface area (Å²) in [4.78, 5) is 27.1. The molecule has 3 N–H and O–H groups in total. The van der Waals surface area contributed by atoms with E-state index in [0.717, 1.165) is 0 Å². The number of carbonyl (C=O) groups is 2. The summed E-state index contributed by atoms with van der Waals surface area (Å²) >= 11 is 0. The Labute approximate surface area is 179 Å². The first-order valence-electron chi connectivity index (χ1n) is 9.54. The Morgan fingerprint density at radius 2 is 1.81 bits per heavy atom. The second-order valence-corrected chi connectivity index (χ2v) is 9.42. The van der Waals surface area contributed by atoms with E-state index in [-0.39, 0.29) is 27.7 Å². The first-order chi connectivity index (χ1) is 14.7. The van der Waals surface area contributed by atoms with Gasteiger partial charge in [0.2, 0.25) is 0 Å². The molecule has 158 valence electrons. The third-order valence-corrected chi connectivity index (χ3v) is 7.00. The summed E-state index contributed by atoms with van der Waals surface area (Å²) in [6.07, 6.45) is 1.56. The molecule has 0 aliphatic carbocycles. The fourth-order valence-electron chi connectivity index (χ4n) is 3.76. The van der Waals surface area contributed by atoms with Gasteiger partial charge in [-0.05, 0) is 49.2 Å². The molecule has 0 radical (unpaired) electrons. The summed E-state index contributed by atoms with van der Waals surface area (Å²) in [5, 5.41) is 12.1. The standard InChI is InChI=1S/C23H20N2O5S/c1-13-20(24-14(2)21(13)23(27)28)11-18-17-10-16(8-9-19(17)25-22(18)26)31(29,30)12-15-6-4-3-5-7-15/h3-11,24H,12H2,1-2H3,(H,25,26)(H,27,28)/b18-11-. The van der Waals surface area contributed by atoms with Crippen molar-refractivity contribution >= 4 is 39.1 Å². The highest BCUT2D eigenvalue weighted by atomic mass is 32.2. The van der Waals surface area contributed by atoms with Gasteiger partial charge in [0.25, 0.3) is 5.91 Å². The average Bonchev–Trinajstić information content (AvgIpc) is 3.17. The molecule has 1 aliphatic rings. The SMILES string of the molecule is Cc1[nH]c(/C=C2\C(=O)Nc3ccc(S(=O)(=O)Cc4ccccc4)cc32)c(C)c1C(=O)O. The molecule has 1 aromatic heterocycles. The molecule has 1 aliphatic heterocycles. The number of carboxylic acid groups (broad SMARTS) is 1. The van der Waals surface area contributed by atoms with Crippen LogP contribution in [0.4, 0.5) is 5.69 Å². The van der Waals surface area contributed by atoms with Gasteiger partial charge in [-0.15, -0.1) is 0 Å². The number of hydrogen-bond acceptors (Lipinski definition) is 4. The van der Waals surface area contributed by atoms with Crippen molar-refractivity contribution in [2.75, 3.05) is 5.32 Å². The Hall–Kier alpha value is -3.65. The van der Waals surface area contributed by atoms with Crippen molar-refractivity contribution in [2.24, 2.45) is 0 Å². The van der Waals surface area contributed by atoms with Gasteiger partial charge < -0.3 is 15.4 Å². The second kappa shape index (κ2) is 7.55. The number of rotatable bonds is 5. The Balaban J connectivity index is 1.76. The summed E-state index contributed by atoms with van der Waals surface area (Å²) < 4.78 is 25.9. The summed E-state index contributed by atoms with van der Waals surface area (Å²) in [6.45, 7) is 3.31.